The SMILES string of the molecule is CCc1c(C)nc(-n2[nH]c(C)c(N=Nc3ccc(Br)cc3)c2=O)[nH]c1=O. The van der Waals surface area contributed by atoms with Gasteiger partial charge in [0.05, 0.1) is 11.4 Å². The Morgan fingerprint density at radius 2 is 1.85 bits per heavy atom. The average molecular weight is 417 g/mol. The molecule has 2 N–H and O–H groups in total. The highest BCUT2D eigenvalue weighted by molar-refractivity contribution is 9.10. The fourth-order valence-corrected chi connectivity index (χ4v) is 2.80. The van der Waals surface area contributed by atoms with E-state index in [0.717, 1.165) is 4.47 Å². The second-order valence-electron chi connectivity index (χ2n) is 5.71. The molecule has 0 saturated carbocycles. The van der Waals surface area contributed by atoms with Gasteiger partial charge in [-0.1, -0.05) is 22.9 Å². The highest BCUT2D eigenvalue weighted by Gasteiger charge is 2.15. The van der Waals surface area contributed by atoms with Crippen LogP contribution < -0.4 is 11.1 Å². The Labute approximate surface area is 157 Å². The Hall–Kier alpha value is -2.81. The molecule has 0 aliphatic carbocycles. The number of nitrogens with zero attached hydrogens (tertiary/aromatic N) is 4. The monoisotopic (exact) mass is 416 g/mol. The highest BCUT2D eigenvalue weighted by Crippen LogP contribution is 2.20. The average Bonchev–Trinajstić information content (AvgIpc) is 2.88. The molecule has 9 heteroatoms. The van der Waals surface area contributed by atoms with Gasteiger partial charge in [-0.05, 0) is 44.5 Å². The van der Waals surface area contributed by atoms with E-state index in [-0.39, 0.29) is 17.2 Å². The number of aromatic nitrogens is 4. The number of nitrogens with one attached hydrogen (secondary N) is 2. The second kappa shape index (κ2) is 7.20. The Kier molecular flexibility index (Phi) is 4.99. The number of aryl methyl sites for hydroxylation is 2. The Morgan fingerprint density at radius 3 is 2.46 bits per heavy atom. The minimum absolute atomic E-state index is 0.128. The molecule has 0 unspecified atom stereocenters. The summed E-state index contributed by atoms with van der Waals surface area (Å²) < 4.78 is 2.09. The van der Waals surface area contributed by atoms with Gasteiger partial charge in [0.25, 0.3) is 5.56 Å². The minimum Gasteiger partial charge on any atom is -0.291 e. The van der Waals surface area contributed by atoms with Crippen molar-refractivity contribution in [3.63, 3.8) is 0 Å². The van der Waals surface area contributed by atoms with Gasteiger partial charge < -0.3 is 0 Å². The van der Waals surface area contributed by atoms with Gasteiger partial charge in [0.15, 0.2) is 5.69 Å². The van der Waals surface area contributed by atoms with E-state index in [0.29, 0.717) is 29.1 Å². The summed E-state index contributed by atoms with van der Waals surface area (Å²) in [6, 6.07) is 7.23. The van der Waals surface area contributed by atoms with E-state index in [1.807, 2.05) is 19.1 Å². The molecule has 0 spiro atoms. The van der Waals surface area contributed by atoms with E-state index >= 15 is 0 Å². The van der Waals surface area contributed by atoms with E-state index in [1.54, 1.807) is 26.0 Å². The van der Waals surface area contributed by atoms with Crippen LogP contribution in [-0.2, 0) is 6.42 Å². The first kappa shape index (κ1) is 18.0. The molecule has 3 aromatic rings. The topological polar surface area (TPSA) is 108 Å². The molecule has 2 aromatic heterocycles. The van der Waals surface area contributed by atoms with Crippen LogP contribution in [0.3, 0.4) is 0 Å². The van der Waals surface area contributed by atoms with Crippen molar-refractivity contribution in [2.75, 3.05) is 0 Å². The van der Waals surface area contributed by atoms with Gasteiger partial charge >= 0.3 is 5.56 Å². The first-order valence-electron chi connectivity index (χ1n) is 7.99. The second-order valence-corrected chi connectivity index (χ2v) is 6.63. The highest BCUT2D eigenvalue weighted by atomic mass is 79.9. The number of hydrogen-bond acceptors (Lipinski definition) is 5. The molecule has 1 aromatic carbocycles. The molecule has 0 radical (unpaired) electrons. The largest absolute Gasteiger partial charge is 0.301 e. The van der Waals surface area contributed by atoms with Gasteiger partial charge in [-0.25, -0.2) is 4.98 Å². The molecule has 0 fully saturated rings. The lowest BCUT2D eigenvalue weighted by Crippen LogP contribution is -2.24. The van der Waals surface area contributed by atoms with Crippen LogP contribution in [0.5, 0.6) is 0 Å². The summed E-state index contributed by atoms with van der Waals surface area (Å²) >= 11 is 3.35. The number of halogens is 1. The summed E-state index contributed by atoms with van der Waals surface area (Å²) in [6.45, 7) is 5.33. The predicted octanol–water partition coefficient (Wildman–Crippen LogP) is 3.61. The van der Waals surface area contributed by atoms with Crippen LogP contribution in [0.2, 0.25) is 0 Å². The molecule has 0 bridgehead atoms. The lowest BCUT2D eigenvalue weighted by atomic mass is 10.2. The van der Waals surface area contributed by atoms with Crippen LogP contribution in [-0.4, -0.2) is 19.7 Å². The molecular formula is C17H17BrN6O2. The van der Waals surface area contributed by atoms with E-state index in [1.165, 1.54) is 4.68 Å². The first-order valence-corrected chi connectivity index (χ1v) is 8.79. The molecule has 134 valence electrons. The Balaban J connectivity index is 2.02. The van der Waals surface area contributed by atoms with Crippen LogP contribution in [0.15, 0.2) is 48.6 Å². The third-order valence-corrected chi connectivity index (χ3v) is 4.44. The third kappa shape index (κ3) is 3.43. The maximum atomic E-state index is 12.7. The van der Waals surface area contributed by atoms with Crippen molar-refractivity contribution < 1.29 is 0 Å². The molecule has 0 aliphatic heterocycles. The normalized spacial score (nSPS) is 11.4. The minimum atomic E-state index is -0.435. The lowest BCUT2D eigenvalue weighted by molar-refractivity contribution is 0.755. The van der Waals surface area contributed by atoms with Crippen LogP contribution in [0.1, 0.15) is 23.9 Å². The summed E-state index contributed by atoms with van der Waals surface area (Å²) in [4.78, 5) is 31.7. The molecule has 2 heterocycles. The molecule has 8 nitrogen and oxygen atoms in total. The van der Waals surface area contributed by atoms with Gasteiger partial charge in [-0.2, -0.15) is 9.80 Å². The molecule has 0 aliphatic rings. The smallest absolute Gasteiger partial charge is 0.291 e. The van der Waals surface area contributed by atoms with Crippen molar-refractivity contribution in [2.24, 2.45) is 10.2 Å². The van der Waals surface area contributed by atoms with Gasteiger partial charge in [-0.3, -0.25) is 19.7 Å². The number of azo groups is 1. The summed E-state index contributed by atoms with van der Waals surface area (Å²) in [7, 11) is 0. The van der Waals surface area contributed by atoms with Crippen molar-refractivity contribution in [2.45, 2.75) is 27.2 Å². The summed E-state index contributed by atoms with van der Waals surface area (Å²) in [5.41, 5.74) is 1.80. The number of rotatable bonds is 4. The van der Waals surface area contributed by atoms with Crippen molar-refractivity contribution in [3.05, 3.63) is 66.4 Å². The number of aromatic amines is 2. The zero-order valence-corrected chi connectivity index (χ0v) is 16.1. The van der Waals surface area contributed by atoms with E-state index in [2.05, 4.69) is 41.2 Å². The molecule has 0 atom stereocenters. The van der Waals surface area contributed by atoms with E-state index in [9.17, 15) is 9.59 Å². The van der Waals surface area contributed by atoms with E-state index in [4.69, 9.17) is 0 Å². The van der Waals surface area contributed by atoms with Crippen LogP contribution in [0.25, 0.3) is 5.95 Å². The maximum Gasteiger partial charge on any atom is 0.301 e. The van der Waals surface area contributed by atoms with Gasteiger partial charge in [-0.15, -0.1) is 5.11 Å². The van der Waals surface area contributed by atoms with Gasteiger partial charge in [0.1, 0.15) is 0 Å². The third-order valence-electron chi connectivity index (χ3n) is 3.91. The molecule has 26 heavy (non-hydrogen) atoms. The summed E-state index contributed by atoms with van der Waals surface area (Å²) in [5, 5.41) is 11.0. The van der Waals surface area contributed by atoms with E-state index < -0.39 is 5.56 Å². The van der Waals surface area contributed by atoms with Crippen molar-refractivity contribution in [1.29, 1.82) is 0 Å². The number of hydrogen-bond donors (Lipinski definition) is 2. The zero-order valence-electron chi connectivity index (χ0n) is 14.5. The van der Waals surface area contributed by atoms with Crippen LogP contribution in [0.4, 0.5) is 11.4 Å². The Bertz CT molecular complexity index is 1090. The predicted molar refractivity (Wildman–Crippen MR) is 102 cm³/mol. The van der Waals surface area contributed by atoms with Crippen LogP contribution in [0, 0.1) is 13.8 Å². The molecule has 0 amide bonds. The summed E-state index contributed by atoms with van der Waals surface area (Å²) in [5.74, 6) is 0.128. The number of H-pyrrole nitrogens is 2. The summed E-state index contributed by atoms with van der Waals surface area (Å²) in [6.07, 6.45) is 0.569. The molecule has 0 saturated heterocycles. The fourth-order valence-electron chi connectivity index (χ4n) is 2.54. The standard InChI is InChI=1S/C17H17BrN6O2/c1-4-13-9(2)19-17(20-15(13)25)24-16(26)14(10(3)23-24)22-21-12-7-5-11(18)6-8-12/h5-8,23H,4H2,1-3H3,(H,19,20,25). The molecule has 3 rings (SSSR count). The molecular weight excluding hydrogens is 400 g/mol. The van der Waals surface area contributed by atoms with Crippen molar-refractivity contribution >= 4 is 27.3 Å². The van der Waals surface area contributed by atoms with Crippen molar-refractivity contribution in [3.8, 4) is 5.95 Å². The van der Waals surface area contributed by atoms with Crippen molar-refractivity contribution in [1.82, 2.24) is 19.7 Å². The fraction of sp³-hybridized carbons (Fsp3) is 0.235. The lowest BCUT2D eigenvalue weighted by Gasteiger charge is -2.05. The quantitative estimate of drug-likeness (QED) is 0.633. The zero-order chi connectivity index (χ0) is 18.8. The van der Waals surface area contributed by atoms with Gasteiger partial charge in [0.2, 0.25) is 5.95 Å². The van der Waals surface area contributed by atoms with Crippen LogP contribution >= 0.6 is 15.9 Å². The van der Waals surface area contributed by atoms with Gasteiger partial charge in [0, 0.05) is 15.7 Å². The first-order chi connectivity index (χ1) is 12.4. The maximum absolute atomic E-state index is 12.7. The number of benzene rings is 1. The Morgan fingerprint density at radius 1 is 1.15 bits per heavy atom.